The maximum absolute atomic E-state index is 12.6. The van der Waals surface area contributed by atoms with Gasteiger partial charge in [-0.25, -0.2) is 0 Å². The van der Waals surface area contributed by atoms with Crippen molar-refractivity contribution in [3.63, 3.8) is 0 Å². The van der Waals surface area contributed by atoms with Crippen LogP contribution in [0.2, 0.25) is 4.34 Å². The number of fused-ring (bicyclic) bond motifs is 1. The third-order valence-electron chi connectivity index (χ3n) is 3.82. The number of benzene rings is 1. The number of para-hydroxylation sites is 1. The minimum absolute atomic E-state index is 0.282. The van der Waals surface area contributed by atoms with Gasteiger partial charge < -0.3 is 10.0 Å². The highest BCUT2D eigenvalue weighted by Crippen LogP contribution is 2.43. The molecule has 3 rings (SSSR count). The fourth-order valence-corrected chi connectivity index (χ4v) is 3.76. The van der Waals surface area contributed by atoms with Gasteiger partial charge in [-0.05, 0) is 25.1 Å². The van der Waals surface area contributed by atoms with Crippen LogP contribution in [0.15, 0.2) is 36.4 Å². The van der Waals surface area contributed by atoms with Gasteiger partial charge in [0.1, 0.15) is 0 Å². The minimum Gasteiger partial charge on any atom is -0.375 e. The number of anilines is 1. The molecule has 1 atom stereocenters. The van der Waals surface area contributed by atoms with Gasteiger partial charge in [0.05, 0.1) is 21.3 Å². The molecule has 0 saturated heterocycles. The summed E-state index contributed by atoms with van der Waals surface area (Å²) in [6, 6.07) is 10.3. The van der Waals surface area contributed by atoms with Gasteiger partial charge in [-0.15, -0.1) is 11.3 Å². The van der Waals surface area contributed by atoms with Crippen LogP contribution in [0, 0.1) is 0 Å². The summed E-state index contributed by atoms with van der Waals surface area (Å²) in [6.45, 7) is 2.28. The monoisotopic (exact) mass is 335 g/mol. The van der Waals surface area contributed by atoms with Gasteiger partial charge in [0.25, 0.3) is 5.91 Å². The molecule has 2 aromatic rings. The van der Waals surface area contributed by atoms with Crippen LogP contribution in [0.3, 0.4) is 0 Å². The van der Waals surface area contributed by atoms with Crippen molar-refractivity contribution >= 4 is 40.3 Å². The predicted octanol–water partition coefficient (Wildman–Crippen LogP) is 3.23. The SMILES string of the molecule is CCN1C(=O)C(O)(CC(=O)c2ccc(Cl)s2)c2ccccc21. The second-order valence-electron chi connectivity index (χ2n) is 5.13. The summed E-state index contributed by atoms with van der Waals surface area (Å²) in [5.74, 6) is -0.743. The molecule has 22 heavy (non-hydrogen) atoms. The number of thiophene rings is 1. The van der Waals surface area contributed by atoms with E-state index in [1.165, 1.54) is 4.90 Å². The van der Waals surface area contributed by atoms with E-state index in [1.54, 1.807) is 36.4 Å². The molecule has 1 N–H and O–H groups in total. The molecule has 0 radical (unpaired) electrons. The van der Waals surface area contributed by atoms with Crippen LogP contribution in [0.4, 0.5) is 5.69 Å². The Morgan fingerprint density at radius 3 is 2.68 bits per heavy atom. The lowest BCUT2D eigenvalue weighted by Crippen LogP contribution is -2.41. The number of hydrogen-bond donors (Lipinski definition) is 1. The first kappa shape index (κ1) is 15.2. The number of Topliss-reactive ketones (excluding diaryl/α,β-unsaturated/α-hetero) is 1. The van der Waals surface area contributed by atoms with Crippen molar-refractivity contribution in [1.82, 2.24) is 0 Å². The maximum atomic E-state index is 12.6. The Morgan fingerprint density at radius 1 is 1.32 bits per heavy atom. The smallest absolute Gasteiger partial charge is 0.264 e. The second-order valence-corrected chi connectivity index (χ2v) is 6.85. The first-order valence-electron chi connectivity index (χ1n) is 6.89. The normalized spacial score (nSPS) is 20.3. The van der Waals surface area contributed by atoms with Gasteiger partial charge >= 0.3 is 0 Å². The zero-order valence-electron chi connectivity index (χ0n) is 11.9. The van der Waals surface area contributed by atoms with E-state index in [2.05, 4.69) is 0 Å². The third kappa shape index (κ3) is 2.26. The number of aliphatic hydroxyl groups is 1. The zero-order chi connectivity index (χ0) is 15.9. The number of hydrogen-bond acceptors (Lipinski definition) is 4. The number of amides is 1. The Morgan fingerprint density at radius 2 is 2.05 bits per heavy atom. The average molecular weight is 336 g/mol. The first-order valence-corrected chi connectivity index (χ1v) is 8.09. The number of carbonyl (C=O) groups excluding carboxylic acids is 2. The van der Waals surface area contributed by atoms with Gasteiger partial charge in [0.2, 0.25) is 0 Å². The summed E-state index contributed by atoms with van der Waals surface area (Å²) >= 11 is 6.99. The van der Waals surface area contributed by atoms with E-state index in [4.69, 9.17) is 11.6 Å². The minimum atomic E-state index is -1.81. The summed E-state index contributed by atoms with van der Waals surface area (Å²) in [6.07, 6.45) is -0.282. The van der Waals surface area contributed by atoms with Crippen LogP contribution in [0.5, 0.6) is 0 Å². The summed E-state index contributed by atoms with van der Waals surface area (Å²) < 4.78 is 0.503. The van der Waals surface area contributed by atoms with Crippen LogP contribution < -0.4 is 4.90 Å². The van der Waals surface area contributed by atoms with E-state index in [0.717, 1.165) is 11.3 Å². The lowest BCUT2D eigenvalue weighted by molar-refractivity contribution is -0.135. The third-order valence-corrected chi connectivity index (χ3v) is 5.09. The summed E-state index contributed by atoms with van der Waals surface area (Å²) in [7, 11) is 0. The molecule has 1 unspecified atom stereocenters. The molecule has 0 spiro atoms. The van der Waals surface area contributed by atoms with E-state index < -0.39 is 11.5 Å². The number of carbonyl (C=O) groups is 2. The Hall–Kier alpha value is -1.69. The molecular weight excluding hydrogens is 322 g/mol. The van der Waals surface area contributed by atoms with Crippen LogP contribution >= 0.6 is 22.9 Å². The van der Waals surface area contributed by atoms with Gasteiger partial charge in [-0.2, -0.15) is 0 Å². The number of rotatable bonds is 4. The molecule has 0 saturated carbocycles. The lowest BCUT2D eigenvalue weighted by Gasteiger charge is -2.21. The van der Waals surface area contributed by atoms with Gasteiger partial charge in [0, 0.05) is 12.1 Å². The van der Waals surface area contributed by atoms with Crippen molar-refractivity contribution in [3.05, 3.63) is 51.2 Å². The van der Waals surface area contributed by atoms with Crippen molar-refractivity contribution in [2.24, 2.45) is 0 Å². The molecule has 0 fully saturated rings. The molecule has 2 heterocycles. The molecule has 4 nitrogen and oxygen atoms in total. The Bertz CT molecular complexity index is 757. The van der Waals surface area contributed by atoms with Gasteiger partial charge in [-0.3, -0.25) is 9.59 Å². The van der Waals surface area contributed by atoms with Gasteiger partial charge in [-0.1, -0.05) is 29.8 Å². The largest absolute Gasteiger partial charge is 0.375 e. The number of ketones is 1. The molecule has 114 valence electrons. The predicted molar refractivity (Wildman–Crippen MR) is 86.6 cm³/mol. The van der Waals surface area contributed by atoms with Crippen molar-refractivity contribution in [3.8, 4) is 0 Å². The topological polar surface area (TPSA) is 57.6 Å². The number of halogens is 1. The van der Waals surface area contributed by atoms with E-state index in [0.29, 0.717) is 27.0 Å². The van der Waals surface area contributed by atoms with Crippen molar-refractivity contribution < 1.29 is 14.7 Å². The molecule has 1 amide bonds. The molecule has 1 aliphatic rings. The molecule has 1 aromatic heterocycles. The van der Waals surface area contributed by atoms with Crippen molar-refractivity contribution in [2.75, 3.05) is 11.4 Å². The molecule has 6 heteroatoms. The van der Waals surface area contributed by atoms with Crippen LogP contribution in [-0.2, 0) is 10.4 Å². The number of likely N-dealkylation sites (N-methyl/N-ethyl adjacent to an activating group) is 1. The van der Waals surface area contributed by atoms with E-state index in [-0.39, 0.29) is 12.2 Å². The number of nitrogens with zero attached hydrogens (tertiary/aromatic N) is 1. The van der Waals surface area contributed by atoms with Crippen LogP contribution in [0.1, 0.15) is 28.6 Å². The van der Waals surface area contributed by atoms with E-state index >= 15 is 0 Å². The van der Waals surface area contributed by atoms with E-state index in [9.17, 15) is 14.7 Å². The Labute approximate surface area is 136 Å². The highest BCUT2D eigenvalue weighted by Gasteiger charge is 2.50. The van der Waals surface area contributed by atoms with Crippen LogP contribution in [0.25, 0.3) is 0 Å². The second kappa shape index (κ2) is 5.50. The summed E-state index contributed by atoms with van der Waals surface area (Å²) in [5.41, 5.74) is -0.660. The average Bonchev–Trinajstić information content (AvgIpc) is 3.02. The fourth-order valence-electron chi connectivity index (χ4n) is 2.78. The Balaban J connectivity index is 1.98. The zero-order valence-corrected chi connectivity index (χ0v) is 13.4. The molecule has 1 aromatic carbocycles. The summed E-state index contributed by atoms with van der Waals surface area (Å²) in [4.78, 5) is 26.9. The van der Waals surface area contributed by atoms with E-state index in [1.807, 2.05) is 6.92 Å². The van der Waals surface area contributed by atoms with Gasteiger partial charge in [0.15, 0.2) is 11.4 Å². The quantitative estimate of drug-likeness (QED) is 0.873. The lowest BCUT2D eigenvalue weighted by atomic mass is 9.89. The molecule has 0 bridgehead atoms. The first-order chi connectivity index (χ1) is 10.5. The highest BCUT2D eigenvalue weighted by molar-refractivity contribution is 7.18. The highest BCUT2D eigenvalue weighted by atomic mass is 35.5. The summed E-state index contributed by atoms with van der Waals surface area (Å²) in [5, 5.41) is 10.9. The van der Waals surface area contributed by atoms with Crippen molar-refractivity contribution in [2.45, 2.75) is 18.9 Å². The fraction of sp³-hybridized carbons (Fsp3) is 0.250. The van der Waals surface area contributed by atoms with Crippen molar-refractivity contribution in [1.29, 1.82) is 0 Å². The maximum Gasteiger partial charge on any atom is 0.264 e. The van der Waals surface area contributed by atoms with Crippen LogP contribution in [-0.4, -0.2) is 23.3 Å². The Kier molecular flexibility index (Phi) is 3.80. The molecule has 1 aliphatic heterocycles. The molecule has 0 aliphatic carbocycles. The standard InChI is InChI=1S/C16H14ClNO3S/c1-2-18-11-6-4-3-5-10(11)16(21,15(18)20)9-12(19)13-7-8-14(17)22-13/h3-8,21H,2,9H2,1H3. The molecular formula is C16H14ClNO3S.